The number of nitrogens with zero attached hydrogens (tertiary/aromatic N) is 1. The summed E-state index contributed by atoms with van der Waals surface area (Å²) in [6.45, 7) is 12.8. The average molecular weight is 184 g/mol. The van der Waals surface area contributed by atoms with E-state index in [1.54, 1.807) is 0 Å². The zero-order valence-corrected chi connectivity index (χ0v) is 9.89. The number of hydrogen-bond donors (Lipinski definition) is 1. The highest BCUT2D eigenvalue weighted by atomic mass is 15.4. The Balaban J connectivity index is 4.42. The van der Waals surface area contributed by atoms with Gasteiger partial charge in [-0.15, -0.1) is 0 Å². The van der Waals surface area contributed by atoms with E-state index in [1.807, 2.05) is 5.01 Å². The first-order chi connectivity index (χ1) is 5.79. The molecule has 0 saturated heterocycles. The molecule has 0 aromatic carbocycles. The Morgan fingerprint density at radius 2 is 1.92 bits per heavy atom. The molecule has 0 saturated carbocycles. The Hall–Kier alpha value is -0.500. The number of allylic oxidation sites excluding steroid dienone is 2. The van der Waals surface area contributed by atoms with Crippen LogP contribution in [-0.4, -0.2) is 10.5 Å². The Kier molecular flexibility index (Phi) is 4.48. The predicted molar refractivity (Wildman–Crippen MR) is 59.0 cm³/mol. The normalized spacial score (nSPS) is 15.8. The van der Waals surface area contributed by atoms with Crippen LogP contribution in [0.2, 0.25) is 0 Å². The molecule has 0 aliphatic carbocycles. The molecule has 0 bridgehead atoms. The molecule has 0 aliphatic heterocycles. The second kappa shape index (κ2) is 4.66. The first-order valence-electron chi connectivity index (χ1n) is 5.02. The van der Waals surface area contributed by atoms with Gasteiger partial charge in [-0.2, -0.15) is 0 Å². The van der Waals surface area contributed by atoms with Crippen molar-refractivity contribution in [3.05, 3.63) is 11.8 Å². The van der Waals surface area contributed by atoms with E-state index >= 15 is 0 Å². The van der Waals surface area contributed by atoms with E-state index in [4.69, 9.17) is 5.84 Å². The topological polar surface area (TPSA) is 29.3 Å². The van der Waals surface area contributed by atoms with Crippen LogP contribution in [0, 0.1) is 5.92 Å². The molecule has 13 heavy (non-hydrogen) atoms. The van der Waals surface area contributed by atoms with Crippen molar-refractivity contribution in [1.29, 1.82) is 0 Å². The molecule has 0 fully saturated rings. The molecular weight excluding hydrogens is 160 g/mol. The highest BCUT2D eigenvalue weighted by molar-refractivity contribution is 5.01. The zero-order chi connectivity index (χ0) is 10.6. The Bertz CT molecular complexity index is 177. The molecule has 1 unspecified atom stereocenters. The molecule has 0 aliphatic rings. The van der Waals surface area contributed by atoms with E-state index in [2.05, 4.69) is 47.6 Å². The number of rotatable bonds is 3. The standard InChI is InChI=1S/C11H24N2/c1-7-9(2)8-10(3)13(12)11(4,5)6/h8-9H,7,12H2,1-6H3/b10-8-. The second-order valence-electron chi connectivity index (χ2n) is 4.73. The smallest absolute Gasteiger partial charge is 0.0473 e. The Labute approximate surface area is 82.8 Å². The average Bonchev–Trinajstić information content (AvgIpc) is 2.01. The minimum absolute atomic E-state index is 0.00798. The maximum atomic E-state index is 5.96. The van der Waals surface area contributed by atoms with E-state index < -0.39 is 0 Å². The van der Waals surface area contributed by atoms with Gasteiger partial charge in [0.25, 0.3) is 0 Å². The van der Waals surface area contributed by atoms with Crippen molar-refractivity contribution in [1.82, 2.24) is 5.01 Å². The van der Waals surface area contributed by atoms with Gasteiger partial charge in [-0.05, 0) is 33.6 Å². The quantitative estimate of drug-likeness (QED) is 0.540. The van der Waals surface area contributed by atoms with E-state index in [0.29, 0.717) is 5.92 Å². The summed E-state index contributed by atoms with van der Waals surface area (Å²) in [5.41, 5.74) is 1.16. The molecule has 0 heterocycles. The van der Waals surface area contributed by atoms with E-state index in [9.17, 15) is 0 Å². The molecule has 0 spiro atoms. The predicted octanol–water partition coefficient (Wildman–Crippen LogP) is 2.91. The molecule has 2 N–H and O–H groups in total. The van der Waals surface area contributed by atoms with Crippen molar-refractivity contribution < 1.29 is 0 Å². The molecule has 1 atom stereocenters. The lowest BCUT2D eigenvalue weighted by Gasteiger charge is -2.34. The first-order valence-corrected chi connectivity index (χ1v) is 5.02. The fraction of sp³-hybridized carbons (Fsp3) is 0.818. The Morgan fingerprint density at radius 1 is 1.46 bits per heavy atom. The van der Waals surface area contributed by atoms with Crippen LogP contribution in [0.15, 0.2) is 11.8 Å². The van der Waals surface area contributed by atoms with Crippen LogP contribution >= 0.6 is 0 Å². The summed E-state index contributed by atoms with van der Waals surface area (Å²) in [6, 6.07) is 0. The molecule has 0 aromatic rings. The van der Waals surface area contributed by atoms with Gasteiger partial charge in [0.05, 0.1) is 0 Å². The summed E-state index contributed by atoms with van der Waals surface area (Å²) in [6.07, 6.45) is 3.39. The molecule has 0 amide bonds. The van der Waals surface area contributed by atoms with Gasteiger partial charge in [0.1, 0.15) is 0 Å². The number of hydrogen-bond acceptors (Lipinski definition) is 2. The summed E-state index contributed by atoms with van der Waals surface area (Å²) in [5, 5.41) is 1.83. The van der Waals surface area contributed by atoms with Gasteiger partial charge in [-0.3, -0.25) is 0 Å². The van der Waals surface area contributed by atoms with Gasteiger partial charge in [0.2, 0.25) is 0 Å². The molecule has 78 valence electrons. The van der Waals surface area contributed by atoms with Crippen LogP contribution in [-0.2, 0) is 0 Å². The van der Waals surface area contributed by atoms with Gasteiger partial charge in [0, 0.05) is 11.2 Å². The number of nitrogens with two attached hydrogens (primary N) is 1. The van der Waals surface area contributed by atoms with Gasteiger partial charge >= 0.3 is 0 Å². The minimum Gasteiger partial charge on any atom is -0.311 e. The third-order valence-electron chi connectivity index (χ3n) is 2.27. The van der Waals surface area contributed by atoms with Crippen LogP contribution in [0.25, 0.3) is 0 Å². The molecule has 0 rings (SSSR count). The second-order valence-corrected chi connectivity index (χ2v) is 4.73. The minimum atomic E-state index is 0.00798. The van der Waals surface area contributed by atoms with Crippen molar-refractivity contribution in [2.45, 2.75) is 53.5 Å². The lowest BCUT2D eigenvalue weighted by molar-refractivity contribution is 0.188. The van der Waals surface area contributed by atoms with Gasteiger partial charge in [-0.1, -0.05) is 26.3 Å². The van der Waals surface area contributed by atoms with Crippen LogP contribution in [0.3, 0.4) is 0 Å². The van der Waals surface area contributed by atoms with E-state index in [0.717, 1.165) is 12.1 Å². The summed E-state index contributed by atoms with van der Waals surface area (Å²) in [5.74, 6) is 6.57. The Morgan fingerprint density at radius 3 is 2.23 bits per heavy atom. The lowest BCUT2D eigenvalue weighted by Crippen LogP contribution is -2.45. The van der Waals surface area contributed by atoms with Crippen LogP contribution in [0.4, 0.5) is 0 Å². The van der Waals surface area contributed by atoms with E-state index in [1.165, 1.54) is 0 Å². The van der Waals surface area contributed by atoms with Crippen molar-refractivity contribution in [3.8, 4) is 0 Å². The molecular formula is C11H24N2. The maximum Gasteiger partial charge on any atom is 0.0473 e. The molecule has 0 aromatic heterocycles. The summed E-state index contributed by atoms with van der Waals surface area (Å²) < 4.78 is 0. The highest BCUT2D eigenvalue weighted by Crippen LogP contribution is 2.16. The lowest BCUT2D eigenvalue weighted by atomic mass is 10.0. The molecule has 2 heteroatoms. The SMILES string of the molecule is CCC(C)/C=C(/C)N(N)C(C)(C)C. The fourth-order valence-corrected chi connectivity index (χ4v) is 1.14. The first kappa shape index (κ1) is 12.5. The third-order valence-corrected chi connectivity index (χ3v) is 2.27. The van der Waals surface area contributed by atoms with Crippen molar-refractivity contribution in [2.75, 3.05) is 0 Å². The summed E-state index contributed by atoms with van der Waals surface area (Å²) >= 11 is 0. The molecule has 2 nitrogen and oxygen atoms in total. The van der Waals surface area contributed by atoms with Crippen LogP contribution < -0.4 is 5.84 Å². The van der Waals surface area contributed by atoms with Crippen LogP contribution in [0.1, 0.15) is 48.0 Å². The van der Waals surface area contributed by atoms with Crippen molar-refractivity contribution >= 4 is 0 Å². The maximum absolute atomic E-state index is 5.96. The number of hydrazine groups is 1. The van der Waals surface area contributed by atoms with Crippen molar-refractivity contribution in [2.24, 2.45) is 11.8 Å². The van der Waals surface area contributed by atoms with Crippen molar-refractivity contribution in [3.63, 3.8) is 0 Å². The molecule has 0 radical (unpaired) electrons. The van der Waals surface area contributed by atoms with E-state index in [-0.39, 0.29) is 5.54 Å². The van der Waals surface area contributed by atoms with Gasteiger partial charge < -0.3 is 5.01 Å². The summed E-state index contributed by atoms with van der Waals surface area (Å²) in [4.78, 5) is 0. The fourth-order valence-electron chi connectivity index (χ4n) is 1.14. The van der Waals surface area contributed by atoms with Gasteiger partial charge in [0.15, 0.2) is 0 Å². The third kappa shape index (κ3) is 4.32. The largest absolute Gasteiger partial charge is 0.311 e. The van der Waals surface area contributed by atoms with Crippen LogP contribution in [0.5, 0.6) is 0 Å². The monoisotopic (exact) mass is 184 g/mol. The summed E-state index contributed by atoms with van der Waals surface area (Å²) in [7, 11) is 0. The van der Waals surface area contributed by atoms with Gasteiger partial charge in [-0.25, -0.2) is 5.84 Å². The zero-order valence-electron chi connectivity index (χ0n) is 9.89. The highest BCUT2D eigenvalue weighted by Gasteiger charge is 2.17.